The zero-order valence-corrected chi connectivity index (χ0v) is 16.4. The Morgan fingerprint density at radius 3 is 2.59 bits per heavy atom. The van der Waals surface area contributed by atoms with Gasteiger partial charge in [0.25, 0.3) is 5.88 Å². The number of methoxy groups -OCH3 is 1. The highest BCUT2D eigenvalue weighted by Crippen LogP contribution is 2.25. The van der Waals surface area contributed by atoms with Crippen LogP contribution in [-0.4, -0.2) is 58.6 Å². The summed E-state index contributed by atoms with van der Waals surface area (Å²) in [6, 6.07) is 7.71. The summed E-state index contributed by atoms with van der Waals surface area (Å²) in [7, 11) is 1.63. The molecule has 1 aromatic carbocycles. The predicted molar refractivity (Wildman–Crippen MR) is 106 cm³/mol. The van der Waals surface area contributed by atoms with Crippen LogP contribution in [0.3, 0.4) is 0 Å². The lowest BCUT2D eigenvalue weighted by molar-refractivity contribution is 0.0863. The van der Waals surface area contributed by atoms with Crippen LogP contribution in [0, 0.1) is 6.92 Å². The molecular weight excluding hydrogens is 376 g/mol. The highest BCUT2D eigenvalue weighted by Gasteiger charge is 2.24. The van der Waals surface area contributed by atoms with Gasteiger partial charge in [0.15, 0.2) is 0 Å². The maximum Gasteiger partial charge on any atom is 0.407 e. The van der Waals surface area contributed by atoms with Crippen molar-refractivity contribution in [1.29, 1.82) is 0 Å². The first-order chi connectivity index (χ1) is 14.1. The van der Waals surface area contributed by atoms with Crippen molar-refractivity contribution in [3.8, 4) is 17.5 Å². The van der Waals surface area contributed by atoms with Crippen molar-refractivity contribution in [3.05, 3.63) is 41.7 Å². The first kappa shape index (κ1) is 20.4. The molecule has 0 spiro atoms. The fourth-order valence-electron chi connectivity index (χ4n) is 2.94. The Hall–Kier alpha value is -3.36. The number of aromatic nitrogens is 2. The second-order valence-corrected chi connectivity index (χ2v) is 6.63. The second kappa shape index (κ2) is 9.72. The Balaban J connectivity index is 1.53. The average Bonchev–Trinajstić information content (AvgIpc) is 2.74. The molecule has 154 valence electrons. The Kier molecular flexibility index (Phi) is 6.83. The average molecular weight is 400 g/mol. The van der Waals surface area contributed by atoms with Gasteiger partial charge in [0.05, 0.1) is 12.7 Å². The third-order valence-electron chi connectivity index (χ3n) is 4.68. The van der Waals surface area contributed by atoms with Crippen LogP contribution in [0.25, 0.3) is 0 Å². The summed E-state index contributed by atoms with van der Waals surface area (Å²) in [4.78, 5) is 26.1. The van der Waals surface area contributed by atoms with Crippen molar-refractivity contribution in [2.75, 3.05) is 20.2 Å². The van der Waals surface area contributed by atoms with E-state index in [0.29, 0.717) is 49.7 Å². The summed E-state index contributed by atoms with van der Waals surface area (Å²) in [5.41, 5.74) is 1.73. The molecule has 0 unspecified atom stereocenters. The van der Waals surface area contributed by atoms with Gasteiger partial charge in [-0.15, -0.1) is 0 Å². The third-order valence-corrected chi connectivity index (χ3v) is 4.68. The SMILES string of the molecule is COc1ccc(CC=NOc2ncnc(OC3CCN(C(=O)O)CC3)c2C)cc1. The molecule has 1 fully saturated rings. The van der Waals surface area contributed by atoms with Crippen LogP contribution in [0.15, 0.2) is 35.7 Å². The molecule has 0 atom stereocenters. The van der Waals surface area contributed by atoms with Crippen molar-refractivity contribution >= 4 is 12.3 Å². The summed E-state index contributed by atoms with van der Waals surface area (Å²) in [6.45, 7) is 2.70. The summed E-state index contributed by atoms with van der Waals surface area (Å²) < 4.78 is 11.1. The fraction of sp³-hybridized carbons (Fsp3) is 0.400. The number of ether oxygens (including phenoxy) is 2. The summed E-state index contributed by atoms with van der Waals surface area (Å²) in [6.07, 6.45) is 3.88. The van der Waals surface area contributed by atoms with Crippen LogP contribution in [0.5, 0.6) is 17.5 Å². The van der Waals surface area contributed by atoms with Crippen molar-refractivity contribution < 1.29 is 24.2 Å². The zero-order chi connectivity index (χ0) is 20.6. The zero-order valence-electron chi connectivity index (χ0n) is 16.4. The normalized spacial score (nSPS) is 14.8. The number of benzene rings is 1. The Morgan fingerprint density at radius 1 is 1.24 bits per heavy atom. The van der Waals surface area contributed by atoms with E-state index in [4.69, 9.17) is 19.4 Å². The quantitative estimate of drug-likeness (QED) is 0.562. The van der Waals surface area contributed by atoms with Gasteiger partial charge >= 0.3 is 6.09 Å². The standard InChI is InChI=1S/C20H24N4O5/c1-14-18(28-17-8-11-24(12-9-17)20(25)26)21-13-22-19(14)29-23-10-7-15-3-5-16(27-2)6-4-15/h3-6,10,13,17H,7-9,11-12H2,1-2H3,(H,25,26). The van der Waals surface area contributed by atoms with E-state index in [0.717, 1.165) is 11.3 Å². The van der Waals surface area contributed by atoms with Crippen molar-refractivity contribution in [3.63, 3.8) is 0 Å². The first-order valence-electron chi connectivity index (χ1n) is 9.34. The van der Waals surface area contributed by atoms with Gasteiger partial charge in [-0.25, -0.2) is 9.78 Å². The van der Waals surface area contributed by atoms with Gasteiger partial charge in [-0.2, -0.15) is 4.98 Å². The molecule has 0 saturated carbocycles. The van der Waals surface area contributed by atoms with E-state index >= 15 is 0 Å². The summed E-state index contributed by atoms with van der Waals surface area (Å²) in [5.74, 6) is 1.55. The van der Waals surface area contributed by atoms with Gasteiger partial charge in [0.2, 0.25) is 5.88 Å². The molecule has 2 heterocycles. The van der Waals surface area contributed by atoms with Crippen LogP contribution in [-0.2, 0) is 6.42 Å². The van der Waals surface area contributed by atoms with Crippen LogP contribution < -0.4 is 14.3 Å². The summed E-state index contributed by atoms with van der Waals surface area (Å²) >= 11 is 0. The largest absolute Gasteiger partial charge is 0.497 e. The molecule has 1 aliphatic heterocycles. The van der Waals surface area contributed by atoms with E-state index in [9.17, 15) is 4.79 Å². The summed E-state index contributed by atoms with van der Waals surface area (Å²) in [5, 5.41) is 13.0. The van der Waals surface area contributed by atoms with Crippen LogP contribution in [0.2, 0.25) is 0 Å². The molecule has 9 heteroatoms. The number of amides is 1. The molecule has 29 heavy (non-hydrogen) atoms. The minimum Gasteiger partial charge on any atom is -0.497 e. The number of likely N-dealkylation sites (tertiary alicyclic amines) is 1. The topological polar surface area (TPSA) is 106 Å². The number of carbonyl (C=O) groups is 1. The Morgan fingerprint density at radius 2 is 1.93 bits per heavy atom. The smallest absolute Gasteiger partial charge is 0.407 e. The van der Waals surface area contributed by atoms with E-state index in [1.165, 1.54) is 11.2 Å². The van der Waals surface area contributed by atoms with E-state index < -0.39 is 6.09 Å². The minimum atomic E-state index is -0.898. The molecular formula is C20H24N4O5. The Bertz CT molecular complexity index is 848. The van der Waals surface area contributed by atoms with Crippen LogP contribution in [0.4, 0.5) is 4.79 Å². The van der Waals surface area contributed by atoms with Crippen LogP contribution >= 0.6 is 0 Å². The molecule has 1 aliphatic rings. The van der Waals surface area contributed by atoms with Crippen LogP contribution in [0.1, 0.15) is 24.0 Å². The molecule has 1 saturated heterocycles. The highest BCUT2D eigenvalue weighted by molar-refractivity contribution is 5.65. The van der Waals surface area contributed by atoms with Gasteiger partial charge in [0, 0.05) is 38.6 Å². The van der Waals surface area contributed by atoms with E-state index in [-0.39, 0.29) is 6.10 Å². The number of nitrogens with zero attached hydrogens (tertiary/aromatic N) is 4. The number of carboxylic acid groups (broad SMARTS) is 1. The molecule has 2 aromatic rings. The minimum absolute atomic E-state index is 0.0920. The maximum atomic E-state index is 11.0. The number of piperidine rings is 1. The van der Waals surface area contributed by atoms with E-state index in [1.807, 2.05) is 24.3 Å². The maximum absolute atomic E-state index is 11.0. The molecule has 1 amide bonds. The molecule has 0 radical (unpaired) electrons. The second-order valence-electron chi connectivity index (χ2n) is 6.63. The van der Waals surface area contributed by atoms with E-state index in [1.54, 1.807) is 20.2 Å². The van der Waals surface area contributed by atoms with Crippen molar-refractivity contribution in [2.45, 2.75) is 32.3 Å². The van der Waals surface area contributed by atoms with Gasteiger partial charge in [0.1, 0.15) is 18.2 Å². The van der Waals surface area contributed by atoms with Gasteiger partial charge in [-0.1, -0.05) is 17.3 Å². The fourth-order valence-corrected chi connectivity index (χ4v) is 2.94. The Labute approximate surface area is 168 Å². The monoisotopic (exact) mass is 400 g/mol. The first-order valence-corrected chi connectivity index (χ1v) is 9.34. The molecule has 1 aromatic heterocycles. The van der Waals surface area contributed by atoms with Crippen molar-refractivity contribution in [1.82, 2.24) is 14.9 Å². The molecule has 0 aliphatic carbocycles. The van der Waals surface area contributed by atoms with Crippen molar-refractivity contribution in [2.24, 2.45) is 5.16 Å². The number of hydrogen-bond donors (Lipinski definition) is 1. The molecule has 1 N–H and O–H groups in total. The lowest BCUT2D eigenvalue weighted by atomic mass is 10.1. The van der Waals surface area contributed by atoms with Gasteiger partial charge in [-0.05, 0) is 24.6 Å². The lowest BCUT2D eigenvalue weighted by Gasteiger charge is -2.30. The molecule has 9 nitrogen and oxygen atoms in total. The molecule has 0 bridgehead atoms. The number of rotatable bonds is 7. The van der Waals surface area contributed by atoms with Gasteiger partial charge < -0.3 is 24.3 Å². The third kappa shape index (κ3) is 5.56. The lowest BCUT2D eigenvalue weighted by Crippen LogP contribution is -2.41. The predicted octanol–water partition coefficient (Wildman–Crippen LogP) is 2.92. The molecule has 3 rings (SSSR count). The number of oxime groups is 1. The van der Waals surface area contributed by atoms with Gasteiger partial charge in [-0.3, -0.25) is 0 Å². The van der Waals surface area contributed by atoms with E-state index in [2.05, 4.69) is 15.1 Å². The number of hydrogen-bond acceptors (Lipinski definition) is 7. The highest BCUT2D eigenvalue weighted by atomic mass is 16.6.